The standard InChI is InChI=1S/C20H23N5O2S.C11H25N/c1-13-6-5-7-15(22-13)16-12-28-19(23-16)24-17(26)10-21-18(27)14-8-9-25(11-14)20(2,3)4;1-6-10(3)8-9-11(7-2)12(4)5/h5-9,11-12H,10H2,1-4H3,(H,21,27)(H,23,24,26);10-11H,6-9H2,1-5H3. The number of aromatic nitrogens is 3. The van der Waals surface area contributed by atoms with Crippen LogP contribution in [0.2, 0.25) is 0 Å². The molecule has 0 saturated heterocycles. The number of nitrogens with one attached hydrogen (secondary N) is 2. The number of nitrogens with zero attached hydrogens (tertiary/aromatic N) is 4. The number of hydrogen-bond acceptors (Lipinski definition) is 6. The van der Waals surface area contributed by atoms with Crippen molar-refractivity contribution in [3.05, 3.63) is 53.3 Å². The van der Waals surface area contributed by atoms with Gasteiger partial charge >= 0.3 is 0 Å². The molecule has 0 radical (unpaired) electrons. The number of amides is 2. The second-order valence-corrected chi connectivity index (χ2v) is 12.4. The summed E-state index contributed by atoms with van der Waals surface area (Å²) >= 11 is 1.32. The van der Waals surface area contributed by atoms with Crippen molar-refractivity contribution in [2.45, 2.75) is 85.7 Å². The molecule has 2 amide bonds. The molecule has 0 bridgehead atoms. The number of pyridine rings is 1. The third-order valence-corrected chi connectivity index (χ3v) is 7.69. The summed E-state index contributed by atoms with van der Waals surface area (Å²) in [5.41, 5.74) is 2.78. The largest absolute Gasteiger partial charge is 0.348 e. The number of carbonyl (C=O) groups is 2. The predicted octanol–water partition coefficient (Wildman–Crippen LogP) is 6.59. The van der Waals surface area contributed by atoms with Crippen LogP contribution in [0.3, 0.4) is 0 Å². The number of aryl methyl sites for hydroxylation is 1. The lowest BCUT2D eigenvalue weighted by Crippen LogP contribution is -2.32. The molecule has 0 spiro atoms. The summed E-state index contributed by atoms with van der Waals surface area (Å²) in [5.74, 6) is 0.280. The Morgan fingerprint density at radius 3 is 2.35 bits per heavy atom. The lowest BCUT2D eigenvalue weighted by atomic mass is 9.98. The van der Waals surface area contributed by atoms with Crippen LogP contribution in [-0.2, 0) is 10.3 Å². The fraction of sp³-hybridized carbons (Fsp3) is 0.548. The molecule has 8 nitrogen and oxygen atoms in total. The average Bonchev–Trinajstić information content (AvgIpc) is 3.58. The molecule has 0 fully saturated rings. The fourth-order valence-corrected chi connectivity index (χ4v) is 4.74. The van der Waals surface area contributed by atoms with Gasteiger partial charge in [0.1, 0.15) is 5.69 Å². The number of carbonyl (C=O) groups excluding carboxylic acids is 2. The Hall–Kier alpha value is -3.04. The topological polar surface area (TPSA) is 92.2 Å². The van der Waals surface area contributed by atoms with Gasteiger partial charge in [-0.2, -0.15) is 0 Å². The van der Waals surface area contributed by atoms with E-state index in [0.29, 0.717) is 16.4 Å². The van der Waals surface area contributed by atoms with E-state index >= 15 is 0 Å². The number of thiazole rings is 1. The number of hydrogen-bond donors (Lipinski definition) is 2. The van der Waals surface area contributed by atoms with Gasteiger partial charge in [-0.15, -0.1) is 11.3 Å². The zero-order valence-electron chi connectivity index (χ0n) is 25.7. The summed E-state index contributed by atoms with van der Waals surface area (Å²) in [5, 5.41) is 7.64. The zero-order valence-corrected chi connectivity index (χ0v) is 26.6. The summed E-state index contributed by atoms with van der Waals surface area (Å²) in [6, 6.07) is 8.23. The minimum atomic E-state index is -0.332. The SMILES string of the molecule is CCC(C)CCC(CC)N(C)C.Cc1cccc(-c2csc(NC(=O)CNC(=O)c3ccn(C(C)(C)C)c3)n2)n1. The maximum atomic E-state index is 12.2. The highest BCUT2D eigenvalue weighted by molar-refractivity contribution is 7.14. The molecule has 9 heteroatoms. The monoisotopic (exact) mass is 568 g/mol. The first kappa shape index (κ1) is 33.2. The van der Waals surface area contributed by atoms with Crippen molar-refractivity contribution in [1.29, 1.82) is 0 Å². The van der Waals surface area contributed by atoms with Crippen LogP contribution in [0.1, 0.15) is 83.3 Å². The highest BCUT2D eigenvalue weighted by Crippen LogP contribution is 2.23. The first-order valence-corrected chi connectivity index (χ1v) is 15.0. The summed E-state index contributed by atoms with van der Waals surface area (Å²) < 4.78 is 1.96. The van der Waals surface area contributed by atoms with E-state index in [1.54, 1.807) is 12.3 Å². The van der Waals surface area contributed by atoms with Crippen LogP contribution in [0, 0.1) is 12.8 Å². The van der Waals surface area contributed by atoms with Crippen molar-refractivity contribution in [3.63, 3.8) is 0 Å². The van der Waals surface area contributed by atoms with E-state index < -0.39 is 0 Å². The van der Waals surface area contributed by atoms with Gasteiger partial charge in [0.2, 0.25) is 5.91 Å². The molecule has 0 aliphatic heterocycles. The van der Waals surface area contributed by atoms with Crippen LogP contribution in [-0.4, -0.2) is 57.9 Å². The van der Waals surface area contributed by atoms with Gasteiger partial charge < -0.3 is 20.1 Å². The second kappa shape index (κ2) is 15.7. The fourth-order valence-electron chi connectivity index (χ4n) is 4.02. The van der Waals surface area contributed by atoms with Gasteiger partial charge in [-0.1, -0.05) is 33.3 Å². The van der Waals surface area contributed by atoms with E-state index in [1.165, 1.54) is 37.0 Å². The summed E-state index contributed by atoms with van der Waals surface area (Å²) in [7, 11) is 4.37. The van der Waals surface area contributed by atoms with Gasteiger partial charge in [0.05, 0.1) is 17.8 Å². The van der Waals surface area contributed by atoms with Crippen LogP contribution in [0.15, 0.2) is 42.0 Å². The Labute approximate surface area is 244 Å². The third kappa shape index (κ3) is 10.8. The van der Waals surface area contributed by atoms with E-state index in [0.717, 1.165) is 23.3 Å². The van der Waals surface area contributed by atoms with Gasteiger partial charge in [-0.05, 0) is 85.2 Å². The lowest BCUT2D eigenvalue weighted by Gasteiger charge is -2.23. The first-order chi connectivity index (χ1) is 18.8. The van der Waals surface area contributed by atoms with Crippen LogP contribution in [0.25, 0.3) is 11.4 Å². The van der Waals surface area contributed by atoms with Gasteiger partial charge in [0, 0.05) is 35.0 Å². The quantitative estimate of drug-likeness (QED) is 0.272. The molecule has 40 heavy (non-hydrogen) atoms. The maximum absolute atomic E-state index is 12.2. The van der Waals surface area contributed by atoms with E-state index in [2.05, 4.69) is 81.1 Å². The van der Waals surface area contributed by atoms with Crippen LogP contribution < -0.4 is 10.6 Å². The molecule has 0 aliphatic rings. The van der Waals surface area contributed by atoms with E-state index in [4.69, 9.17) is 0 Å². The van der Waals surface area contributed by atoms with Crippen LogP contribution in [0.5, 0.6) is 0 Å². The molecule has 0 aliphatic carbocycles. The van der Waals surface area contributed by atoms with Gasteiger partial charge in [0.25, 0.3) is 5.91 Å². The number of rotatable bonds is 11. The summed E-state index contributed by atoms with van der Waals surface area (Å²) in [6.45, 7) is 14.9. The van der Waals surface area contributed by atoms with Crippen molar-refractivity contribution in [2.75, 3.05) is 26.0 Å². The van der Waals surface area contributed by atoms with Crippen molar-refractivity contribution in [2.24, 2.45) is 5.92 Å². The van der Waals surface area contributed by atoms with Gasteiger partial charge in [0.15, 0.2) is 5.13 Å². The lowest BCUT2D eigenvalue weighted by molar-refractivity contribution is -0.115. The molecule has 3 aromatic heterocycles. The summed E-state index contributed by atoms with van der Waals surface area (Å²) in [6.07, 6.45) is 8.97. The molecular weight excluding hydrogens is 520 g/mol. The Kier molecular flexibility index (Phi) is 13.0. The number of anilines is 1. The zero-order chi connectivity index (χ0) is 29.9. The smallest absolute Gasteiger partial charge is 0.253 e. The average molecular weight is 569 g/mol. The molecule has 220 valence electrons. The Morgan fingerprint density at radius 2 is 1.77 bits per heavy atom. The normalized spacial score (nSPS) is 12.8. The molecule has 3 aromatic rings. The third-order valence-electron chi connectivity index (χ3n) is 6.93. The van der Waals surface area contributed by atoms with Crippen LogP contribution >= 0.6 is 11.3 Å². The Balaban J connectivity index is 0.000000395. The van der Waals surface area contributed by atoms with Gasteiger partial charge in [-0.3, -0.25) is 14.6 Å². The van der Waals surface area contributed by atoms with E-state index in [9.17, 15) is 9.59 Å². The highest BCUT2D eigenvalue weighted by Gasteiger charge is 2.16. The molecule has 0 saturated carbocycles. The van der Waals surface area contributed by atoms with Gasteiger partial charge in [-0.25, -0.2) is 4.98 Å². The molecule has 0 aromatic carbocycles. The minimum Gasteiger partial charge on any atom is -0.348 e. The minimum absolute atomic E-state index is 0.107. The first-order valence-electron chi connectivity index (χ1n) is 14.2. The maximum Gasteiger partial charge on any atom is 0.253 e. The second-order valence-electron chi connectivity index (χ2n) is 11.5. The van der Waals surface area contributed by atoms with Crippen molar-refractivity contribution < 1.29 is 9.59 Å². The van der Waals surface area contributed by atoms with Crippen molar-refractivity contribution in [1.82, 2.24) is 24.8 Å². The van der Waals surface area contributed by atoms with Crippen molar-refractivity contribution >= 4 is 28.3 Å². The highest BCUT2D eigenvalue weighted by atomic mass is 32.1. The molecule has 3 rings (SSSR count). The molecule has 3 heterocycles. The Bertz CT molecular complexity index is 1210. The molecule has 2 atom stereocenters. The van der Waals surface area contributed by atoms with Crippen LogP contribution in [0.4, 0.5) is 5.13 Å². The summed E-state index contributed by atoms with van der Waals surface area (Å²) in [4.78, 5) is 35.5. The van der Waals surface area contributed by atoms with E-state index in [-0.39, 0.29) is 23.9 Å². The predicted molar refractivity (Wildman–Crippen MR) is 167 cm³/mol. The van der Waals surface area contributed by atoms with E-state index in [1.807, 2.05) is 41.3 Å². The van der Waals surface area contributed by atoms with Crippen molar-refractivity contribution in [3.8, 4) is 11.4 Å². The molecule has 2 unspecified atom stereocenters. The Morgan fingerprint density at radius 1 is 1.05 bits per heavy atom. The molecular formula is C31H48N6O2S. The molecule has 2 N–H and O–H groups in total.